The SMILES string of the molecule is ClC(c1ccccc1)c1nnc(-c2cncs2)s1. The average Bonchev–Trinajstić information content (AvgIpc) is 3.09. The van der Waals surface area contributed by atoms with Crippen molar-refractivity contribution in [1.82, 2.24) is 15.2 Å². The van der Waals surface area contributed by atoms with Crippen LogP contribution >= 0.6 is 34.3 Å². The number of nitrogens with zero attached hydrogens (tertiary/aromatic N) is 3. The van der Waals surface area contributed by atoms with Gasteiger partial charge in [-0.05, 0) is 5.56 Å². The first-order valence-corrected chi connectivity index (χ1v) is 7.39. The second-order valence-electron chi connectivity index (χ2n) is 3.58. The Morgan fingerprint density at radius 1 is 1.11 bits per heavy atom. The van der Waals surface area contributed by atoms with E-state index < -0.39 is 0 Å². The zero-order valence-electron chi connectivity index (χ0n) is 9.15. The van der Waals surface area contributed by atoms with Crippen molar-refractivity contribution in [2.45, 2.75) is 5.38 Å². The molecule has 0 aliphatic heterocycles. The fraction of sp³-hybridized carbons (Fsp3) is 0.0833. The van der Waals surface area contributed by atoms with E-state index in [1.165, 1.54) is 11.3 Å². The predicted molar refractivity (Wildman–Crippen MR) is 75.2 cm³/mol. The van der Waals surface area contributed by atoms with Gasteiger partial charge in [-0.3, -0.25) is 4.98 Å². The number of benzene rings is 1. The minimum absolute atomic E-state index is 0.245. The normalized spacial score (nSPS) is 12.5. The van der Waals surface area contributed by atoms with E-state index >= 15 is 0 Å². The molecule has 0 N–H and O–H groups in total. The predicted octanol–water partition coefficient (Wildman–Crippen LogP) is 3.99. The summed E-state index contributed by atoms with van der Waals surface area (Å²) in [6.45, 7) is 0. The molecule has 2 aromatic heterocycles. The Kier molecular flexibility index (Phi) is 3.36. The monoisotopic (exact) mass is 293 g/mol. The van der Waals surface area contributed by atoms with Crippen molar-refractivity contribution in [3.05, 3.63) is 52.6 Å². The molecule has 0 spiro atoms. The molecule has 0 radical (unpaired) electrons. The van der Waals surface area contributed by atoms with E-state index in [2.05, 4.69) is 15.2 Å². The van der Waals surface area contributed by atoms with E-state index in [4.69, 9.17) is 11.6 Å². The van der Waals surface area contributed by atoms with Gasteiger partial charge in [0.1, 0.15) is 10.4 Å². The van der Waals surface area contributed by atoms with Crippen molar-refractivity contribution >= 4 is 34.3 Å². The van der Waals surface area contributed by atoms with E-state index in [-0.39, 0.29) is 5.38 Å². The molecule has 0 saturated heterocycles. The van der Waals surface area contributed by atoms with E-state index in [1.807, 2.05) is 30.3 Å². The molecule has 1 aromatic carbocycles. The molecule has 3 aromatic rings. The van der Waals surface area contributed by atoms with E-state index in [0.717, 1.165) is 20.5 Å². The van der Waals surface area contributed by atoms with Gasteiger partial charge >= 0.3 is 0 Å². The van der Waals surface area contributed by atoms with Gasteiger partial charge in [-0.15, -0.1) is 33.1 Å². The van der Waals surface area contributed by atoms with Gasteiger partial charge in [-0.25, -0.2) is 0 Å². The topological polar surface area (TPSA) is 38.7 Å². The molecule has 0 bridgehead atoms. The van der Waals surface area contributed by atoms with Crippen LogP contribution in [-0.2, 0) is 0 Å². The highest BCUT2D eigenvalue weighted by Gasteiger charge is 2.17. The molecule has 1 unspecified atom stereocenters. The third kappa shape index (κ3) is 2.29. The largest absolute Gasteiger partial charge is 0.252 e. The van der Waals surface area contributed by atoms with Crippen LogP contribution in [0.25, 0.3) is 9.88 Å². The lowest BCUT2D eigenvalue weighted by Gasteiger charge is -2.04. The molecular formula is C12H8ClN3S2. The zero-order chi connectivity index (χ0) is 12.4. The fourth-order valence-corrected chi connectivity index (χ4v) is 3.37. The summed E-state index contributed by atoms with van der Waals surface area (Å²) in [5.41, 5.74) is 2.82. The summed E-state index contributed by atoms with van der Waals surface area (Å²) in [5.74, 6) is 0. The molecule has 18 heavy (non-hydrogen) atoms. The maximum atomic E-state index is 6.40. The number of hydrogen-bond acceptors (Lipinski definition) is 5. The van der Waals surface area contributed by atoms with Gasteiger partial charge in [0.2, 0.25) is 0 Å². The molecular weight excluding hydrogens is 286 g/mol. The minimum Gasteiger partial charge on any atom is -0.252 e. The summed E-state index contributed by atoms with van der Waals surface area (Å²) >= 11 is 9.46. The van der Waals surface area contributed by atoms with Gasteiger partial charge in [0.05, 0.1) is 10.4 Å². The molecule has 0 aliphatic carbocycles. The first kappa shape index (κ1) is 11.8. The molecule has 2 heterocycles. The first-order valence-electron chi connectivity index (χ1n) is 5.26. The lowest BCUT2D eigenvalue weighted by atomic mass is 10.1. The van der Waals surface area contributed by atoms with Gasteiger partial charge in [0.15, 0.2) is 5.01 Å². The summed E-state index contributed by atoms with van der Waals surface area (Å²) in [7, 11) is 0. The number of thiazole rings is 1. The lowest BCUT2D eigenvalue weighted by molar-refractivity contribution is 0.989. The van der Waals surface area contributed by atoms with E-state index in [0.29, 0.717) is 0 Å². The summed E-state index contributed by atoms with van der Waals surface area (Å²) < 4.78 is 0. The van der Waals surface area contributed by atoms with Crippen molar-refractivity contribution in [2.24, 2.45) is 0 Å². The van der Waals surface area contributed by atoms with E-state index in [9.17, 15) is 0 Å². The van der Waals surface area contributed by atoms with Crippen LogP contribution in [0.1, 0.15) is 15.9 Å². The van der Waals surface area contributed by atoms with Gasteiger partial charge in [-0.2, -0.15) is 0 Å². The average molecular weight is 294 g/mol. The van der Waals surface area contributed by atoms with Crippen LogP contribution in [0, 0.1) is 0 Å². The number of rotatable bonds is 3. The van der Waals surface area contributed by atoms with Crippen molar-refractivity contribution < 1.29 is 0 Å². The third-order valence-corrected chi connectivity index (χ3v) is 4.91. The highest BCUT2D eigenvalue weighted by Crippen LogP contribution is 2.34. The van der Waals surface area contributed by atoms with Crippen LogP contribution in [0.3, 0.4) is 0 Å². The summed E-state index contributed by atoms with van der Waals surface area (Å²) in [4.78, 5) is 5.06. The van der Waals surface area contributed by atoms with Crippen LogP contribution in [-0.4, -0.2) is 15.2 Å². The van der Waals surface area contributed by atoms with Crippen LogP contribution in [0.5, 0.6) is 0 Å². The van der Waals surface area contributed by atoms with Gasteiger partial charge in [0.25, 0.3) is 0 Å². The Bertz CT molecular complexity index is 622. The third-order valence-electron chi connectivity index (χ3n) is 2.39. The lowest BCUT2D eigenvalue weighted by Crippen LogP contribution is -1.91. The molecule has 6 heteroatoms. The number of halogens is 1. The second kappa shape index (κ2) is 5.14. The van der Waals surface area contributed by atoms with Gasteiger partial charge in [-0.1, -0.05) is 41.7 Å². The van der Waals surface area contributed by atoms with E-state index in [1.54, 1.807) is 23.0 Å². The maximum absolute atomic E-state index is 6.40. The Hall–Kier alpha value is -1.30. The molecule has 3 rings (SSSR count). The molecule has 90 valence electrons. The Morgan fingerprint density at radius 2 is 1.94 bits per heavy atom. The molecule has 3 nitrogen and oxygen atoms in total. The first-order chi connectivity index (χ1) is 8.84. The number of hydrogen-bond donors (Lipinski definition) is 0. The standard InChI is InChI=1S/C12H8ClN3S2/c13-10(8-4-2-1-3-5-8)12-16-15-11(18-12)9-6-14-7-17-9/h1-7,10H. The van der Waals surface area contributed by atoms with Crippen LogP contribution in [0.4, 0.5) is 0 Å². The fourth-order valence-electron chi connectivity index (χ4n) is 1.52. The quantitative estimate of drug-likeness (QED) is 0.685. The van der Waals surface area contributed by atoms with Gasteiger partial charge < -0.3 is 0 Å². The number of alkyl halides is 1. The smallest absolute Gasteiger partial charge is 0.159 e. The zero-order valence-corrected chi connectivity index (χ0v) is 11.5. The van der Waals surface area contributed by atoms with Crippen LogP contribution in [0.2, 0.25) is 0 Å². The highest BCUT2D eigenvalue weighted by molar-refractivity contribution is 7.20. The Labute approximate surface area is 117 Å². The summed E-state index contributed by atoms with van der Waals surface area (Å²) in [6, 6.07) is 9.89. The van der Waals surface area contributed by atoms with Crippen molar-refractivity contribution in [3.8, 4) is 9.88 Å². The number of aromatic nitrogens is 3. The molecule has 1 atom stereocenters. The highest BCUT2D eigenvalue weighted by atomic mass is 35.5. The molecule has 0 saturated carbocycles. The molecule has 0 fully saturated rings. The van der Waals surface area contributed by atoms with Crippen LogP contribution < -0.4 is 0 Å². The maximum Gasteiger partial charge on any atom is 0.159 e. The summed E-state index contributed by atoms with van der Waals surface area (Å²) in [6.07, 6.45) is 1.79. The van der Waals surface area contributed by atoms with Crippen molar-refractivity contribution in [3.63, 3.8) is 0 Å². The minimum atomic E-state index is -0.245. The van der Waals surface area contributed by atoms with Crippen molar-refractivity contribution in [2.75, 3.05) is 0 Å². The molecule has 0 aliphatic rings. The van der Waals surface area contributed by atoms with Crippen molar-refractivity contribution in [1.29, 1.82) is 0 Å². The van der Waals surface area contributed by atoms with Crippen LogP contribution in [0.15, 0.2) is 42.0 Å². The Morgan fingerprint density at radius 3 is 2.67 bits per heavy atom. The Balaban J connectivity index is 1.90. The summed E-state index contributed by atoms with van der Waals surface area (Å²) in [5, 5.41) is 9.76. The second-order valence-corrected chi connectivity index (χ2v) is 5.92. The molecule has 0 amide bonds. The van der Waals surface area contributed by atoms with Gasteiger partial charge in [0, 0.05) is 6.20 Å².